The van der Waals surface area contributed by atoms with Crippen molar-refractivity contribution in [2.24, 2.45) is 5.92 Å². The molecule has 0 amide bonds. The van der Waals surface area contributed by atoms with Gasteiger partial charge in [-0.1, -0.05) is 13.8 Å². The summed E-state index contributed by atoms with van der Waals surface area (Å²) in [5, 5.41) is 2.85. The Bertz CT molecular complexity index is 395. The molecule has 0 aromatic rings. The molecule has 5 heteroatoms. The molecule has 1 N–H and O–H groups in total. The quantitative estimate of drug-likeness (QED) is 0.856. The summed E-state index contributed by atoms with van der Waals surface area (Å²) in [6.07, 6.45) is 3.40. The van der Waals surface area contributed by atoms with Crippen molar-refractivity contribution in [3.63, 3.8) is 0 Å². The molecule has 5 atom stereocenters. The zero-order valence-electron chi connectivity index (χ0n) is 12.3. The second-order valence-electron chi connectivity index (χ2n) is 6.11. The number of ether oxygens (including phenoxy) is 1. The van der Waals surface area contributed by atoms with E-state index in [0.29, 0.717) is 18.9 Å². The molecule has 2 fully saturated rings. The van der Waals surface area contributed by atoms with E-state index in [-0.39, 0.29) is 22.6 Å². The molecule has 1 aliphatic carbocycles. The summed E-state index contributed by atoms with van der Waals surface area (Å²) >= 11 is 0. The summed E-state index contributed by atoms with van der Waals surface area (Å²) in [7, 11) is -3.10. The molecule has 4 nitrogen and oxygen atoms in total. The predicted octanol–water partition coefficient (Wildman–Crippen LogP) is 1.75. The van der Waals surface area contributed by atoms with Crippen LogP contribution in [-0.2, 0) is 14.6 Å². The van der Waals surface area contributed by atoms with Crippen LogP contribution < -0.4 is 5.32 Å². The van der Waals surface area contributed by atoms with Crippen LogP contribution >= 0.6 is 0 Å². The van der Waals surface area contributed by atoms with E-state index in [4.69, 9.17) is 4.74 Å². The molecule has 5 unspecified atom stereocenters. The first-order chi connectivity index (χ1) is 8.96. The lowest BCUT2D eigenvalue weighted by Crippen LogP contribution is -2.51. The highest BCUT2D eigenvalue weighted by Gasteiger charge is 2.45. The van der Waals surface area contributed by atoms with Gasteiger partial charge >= 0.3 is 0 Å². The van der Waals surface area contributed by atoms with Crippen LogP contribution in [0.25, 0.3) is 0 Å². The van der Waals surface area contributed by atoms with E-state index >= 15 is 0 Å². The van der Waals surface area contributed by atoms with Gasteiger partial charge in [-0.15, -0.1) is 0 Å². The second-order valence-corrected chi connectivity index (χ2v) is 8.50. The Hall–Kier alpha value is -0.130. The maximum Gasteiger partial charge on any atom is 0.160 e. The molecule has 2 rings (SSSR count). The Morgan fingerprint density at radius 2 is 1.89 bits per heavy atom. The van der Waals surface area contributed by atoms with Crippen molar-refractivity contribution in [2.75, 3.05) is 13.2 Å². The molecule has 0 aromatic heterocycles. The molecule has 1 saturated carbocycles. The zero-order chi connectivity index (χ0) is 14.0. The molecule has 1 aliphatic heterocycles. The van der Waals surface area contributed by atoms with Gasteiger partial charge < -0.3 is 10.1 Å². The van der Waals surface area contributed by atoms with Gasteiger partial charge in [0.2, 0.25) is 0 Å². The summed E-state index contributed by atoms with van der Waals surface area (Å²) in [6, 6.07) is 0.124. The van der Waals surface area contributed by atoms with Crippen molar-refractivity contribution in [3.05, 3.63) is 0 Å². The number of rotatable bonds is 4. The fraction of sp³-hybridized carbons (Fsp3) is 1.00. The largest absolute Gasteiger partial charge is 0.377 e. The summed E-state index contributed by atoms with van der Waals surface area (Å²) in [5.41, 5.74) is 0. The minimum atomic E-state index is -3.10. The molecule has 0 spiro atoms. The molecule has 0 aromatic carbocycles. The number of hydrogen-bond acceptors (Lipinski definition) is 4. The number of sulfone groups is 1. The summed E-state index contributed by atoms with van der Waals surface area (Å²) in [5.74, 6) is 0.507. The molecule has 1 saturated heterocycles. The highest BCUT2D eigenvalue weighted by atomic mass is 32.2. The Morgan fingerprint density at radius 3 is 2.47 bits per heavy atom. The van der Waals surface area contributed by atoms with E-state index in [1.54, 1.807) is 0 Å². The minimum Gasteiger partial charge on any atom is -0.377 e. The first-order valence-electron chi connectivity index (χ1n) is 7.54. The monoisotopic (exact) mass is 289 g/mol. The van der Waals surface area contributed by atoms with Crippen LogP contribution in [0.2, 0.25) is 0 Å². The first-order valence-corrected chi connectivity index (χ1v) is 9.15. The number of nitrogens with one attached hydrogen (secondary N) is 1. The van der Waals surface area contributed by atoms with Gasteiger partial charge in [0.1, 0.15) is 0 Å². The smallest absolute Gasteiger partial charge is 0.160 e. The molecular formula is C14H27NO3S. The number of hydrogen-bond donors (Lipinski definition) is 1. The van der Waals surface area contributed by atoms with Crippen molar-refractivity contribution >= 4 is 9.84 Å². The second kappa shape index (κ2) is 6.10. The highest BCUT2D eigenvalue weighted by molar-refractivity contribution is 7.92. The van der Waals surface area contributed by atoms with E-state index in [0.717, 1.165) is 25.8 Å². The maximum atomic E-state index is 12.9. The van der Waals surface area contributed by atoms with Crippen molar-refractivity contribution < 1.29 is 13.2 Å². The van der Waals surface area contributed by atoms with Gasteiger partial charge in [0.25, 0.3) is 0 Å². The topological polar surface area (TPSA) is 55.4 Å². The Morgan fingerprint density at radius 1 is 1.16 bits per heavy atom. The van der Waals surface area contributed by atoms with E-state index in [1.165, 1.54) is 0 Å². The van der Waals surface area contributed by atoms with Gasteiger partial charge in [-0.05, 0) is 45.1 Å². The van der Waals surface area contributed by atoms with Crippen molar-refractivity contribution in [1.82, 2.24) is 5.32 Å². The molecule has 112 valence electrons. The Labute approximate surface area is 117 Å². The minimum absolute atomic E-state index is 0.124. The van der Waals surface area contributed by atoms with Crippen LogP contribution in [0.1, 0.15) is 46.5 Å². The van der Waals surface area contributed by atoms with Gasteiger partial charge in [-0.25, -0.2) is 8.42 Å². The highest BCUT2D eigenvalue weighted by Crippen LogP contribution is 2.34. The average Bonchev–Trinajstić information content (AvgIpc) is 2.78. The normalized spacial score (nSPS) is 40.5. The van der Waals surface area contributed by atoms with Crippen LogP contribution in [0, 0.1) is 5.92 Å². The van der Waals surface area contributed by atoms with E-state index in [2.05, 4.69) is 12.2 Å². The average molecular weight is 289 g/mol. The van der Waals surface area contributed by atoms with Crippen molar-refractivity contribution in [3.8, 4) is 0 Å². The molecule has 0 bridgehead atoms. The summed E-state index contributed by atoms with van der Waals surface area (Å²) in [6.45, 7) is 7.52. The predicted molar refractivity (Wildman–Crippen MR) is 77.0 cm³/mol. The third-order valence-corrected chi connectivity index (χ3v) is 7.50. The molecule has 19 heavy (non-hydrogen) atoms. The lowest BCUT2D eigenvalue weighted by Gasteiger charge is -2.36. The zero-order valence-corrected chi connectivity index (χ0v) is 13.1. The maximum absolute atomic E-state index is 12.9. The summed E-state index contributed by atoms with van der Waals surface area (Å²) in [4.78, 5) is 0. The van der Waals surface area contributed by atoms with Crippen LogP contribution in [-0.4, -0.2) is 44.2 Å². The van der Waals surface area contributed by atoms with Crippen LogP contribution in [0.3, 0.4) is 0 Å². The SMILES string of the molecule is CCNC1CCC(C)CC1S(=O)(=O)C1CCOC1C. The third kappa shape index (κ3) is 3.14. The van der Waals surface area contributed by atoms with E-state index in [1.807, 2.05) is 13.8 Å². The summed E-state index contributed by atoms with van der Waals surface area (Å²) < 4.78 is 31.3. The first kappa shape index (κ1) is 15.3. The molecule has 2 aliphatic rings. The van der Waals surface area contributed by atoms with Crippen molar-refractivity contribution in [1.29, 1.82) is 0 Å². The standard InChI is InChI=1S/C14H27NO3S/c1-4-15-12-6-5-10(2)9-14(12)19(16,17)13-7-8-18-11(13)3/h10-15H,4-9H2,1-3H3. The van der Waals surface area contributed by atoms with Gasteiger partial charge in [0.05, 0.1) is 16.6 Å². The van der Waals surface area contributed by atoms with Gasteiger partial charge in [-0.3, -0.25) is 0 Å². The van der Waals surface area contributed by atoms with Gasteiger partial charge in [0.15, 0.2) is 9.84 Å². The lowest BCUT2D eigenvalue weighted by molar-refractivity contribution is 0.126. The lowest BCUT2D eigenvalue weighted by atomic mass is 9.87. The van der Waals surface area contributed by atoms with Gasteiger partial charge in [-0.2, -0.15) is 0 Å². The fourth-order valence-electron chi connectivity index (χ4n) is 3.56. The third-order valence-electron chi connectivity index (χ3n) is 4.67. The van der Waals surface area contributed by atoms with Crippen LogP contribution in [0.15, 0.2) is 0 Å². The molecule has 1 heterocycles. The van der Waals surface area contributed by atoms with Crippen LogP contribution in [0.4, 0.5) is 0 Å². The van der Waals surface area contributed by atoms with E-state index in [9.17, 15) is 8.42 Å². The van der Waals surface area contributed by atoms with Gasteiger partial charge in [0, 0.05) is 12.6 Å². The fourth-order valence-corrected chi connectivity index (χ4v) is 6.33. The van der Waals surface area contributed by atoms with Crippen molar-refractivity contribution in [2.45, 2.75) is 69.1 Å². The Balaban J connectivity index is 2.19. The van der Waals surface area contributed by atoms with Crippen LogP contribution in [0.5, 0.6) is 0 Å². The Kier molecular flexibility index (Phi) is 4.90. The van der Waals surface area contributed by atoms with E-state index < -0.39 is 9.84 Å². The molecule has 0 radical (unpaired) electrons. The molecular weight excluding hydrogens is 262 g/mol.